The molecule has 2 aromatic carbocycles. The van der Waals surface area contributed by atoms with E-state index in [1.54, 1.807) is 6.07 Å². The van der Waals surface area contributed by atoms with Gasteiger partial charge in [0.05, 0.1) is 5.69 Å². The number of rotatable bonds is 5. The van der Waals surface area contributed by atoms with Gasteiger partial charge in [0.15, 0.2) is 0 Å². The highest BCUT2D eigenvalue weighted by molar-refractivity contribution is 5.75. The Labute approximate surface area is 161 Å². The lowest BCUT2D eigenvalue weighted by atomic mass is 10.1. The minimum atomic E-state index is -0.358. The van der Waals surface area contributed by atoms with E-state index >= 15 is 0 Å². The number of nitrogens with zero attached hydrogens (tertiary/aromatic N) is 4. The molecule has 0 unspecified atom stereocenters. The van der Waals surface area contributed by atoms with E-state index in [1.165, 1.54) is 10.8 Å². The maximum atomic E-state index is 12.7. The highest BCUT2D eigenvalue weighted by Crippen LogP contribution is 2.17. The summed E-state index contributed by atoms with van der Waals surface area (Å²) in [4.78, 5) is 25.0. The molecule has 0 spiro atoms. The second-order valence-electron chi connectivity index (χ2n) is 6.52. The molecule has 0 bridgehead atoms. The van der Waals surface area contributed by atoms with Crippen molar-refractivity contribution in [3.8, 4) is 11.3 Å². The number of carbonyl (C=O) groups is 1. The van der Waals surface area contributed by atoms with Crippen LogP contribution in [0.15, 0.2) is 71.8 Å². The zero-order chi connectivity index (χ0) is 19.5. The lowest BCUT2D eigenvalue weighted by Crippen LogP contribution is -2.34. The van der Waals surface area contributed by atoms with Crippen LogP contribution in [0.4, 0.5) is 0 Å². The Hall–Kier alpha value is -3.74. The van der Waals surface area contributed by atoms with Gasteiger partial charge in [0.2, 0.25) is 5.91 Å². The fourth-order valence-corrected chi connectivity index (χ4v) is 2.99. The topological polar surface area (TPSA) is 81.3 Å². The van der Waals surface area contributed by atoms with Crippen LogP contribution in [-0.4, -0.2) is 25.3 Å². The van der Waals surface area contributed by atoms with E-state index in [2.05, 4.69) is 15.5 Å². The van der Waals surface area contributed by atoms with Gasteiger partial charge in [0.1, 0.15) is 18.4 Å². The van der Waals surface area contributed by atoms with Crippen molar-refractivity contribution in [2.75, 3.05) is 0 Å². The van der Waals surface area contributed by atoms with Gasteiger partial charge in [-0.25, -0.2) is 9.20 Å². The molecule has 0 atom stereocenters. The SMILES string of the molecule is Cc1ccccc1CNC(=O)Cn1ncn2nc(-c3ccccc3)cc2c1=O. The molecule has 0 radical (unpaired) electrons. The second kappa shape index (κ2) is 7.48. The molecule has 7 nitrogen and oxygen atoms in total. The van der Waals surface area contributed by atoms with Gasteiger partial charge >= 0.3 is 0 Å². The number of hydrogen-bond donors (Lipinski definition) is 1. The summed E-state index contributed by atoms with van der Waals surface area (Å²) in [5.41, 5.74) is 3.75. The Morgan fingerprint density at radius 2 is 1.82 bits per heavy atom. The van der Waals surface area contributed by atoms with Crippen molar-refractivity contribution in [3.05, 3.63) is 88.5 Å². The molecule has 0 fully saturated rings. The summed E-state index contributed by atoms with van der Waals surface area (Å²) < 4.78 is 2.59. The van der Waals surface area contributed by atoms with Gasteiger partial charge in [0.25, 0.3) is 5.56 Å². The first-order valence-electron chi connectivity index (χ1n) is 8.94. The van der Waals surface area contributed by atoms with E-state index in [1.807, 2.05) is 61.5 Å². The van der Waals surface area contributed by atoms with Gasteiger partial charge in [-0.3, -0.25) is 9.59 Å². The van der Waals surface area contributed by atoms with E-state index in [4.69, 9.17) is 0 Å². The molecule has 4 aromatic rings. The number of hydrogen-bond acceptors (Lipinski definition) is 4. The minimum absolute atomic E-state index is 0.146. The largest absolute Gasteiger partial charge is 0.350 e. The lowest BCUT2D eigenvalue weighted by Gasteiger charge is -2.08. The zero-order valence-electron chi connectivity index (χ0n) is 15.4. The first-order valence-corrected chi connectivity index (χ1v) is 8.94. The van der Waals surface area contributed by atoms with Crippen molar-refractivity contribution in [1.82, 2.24) is 24.7 Å². The number of amides is 1. The van der Waals surface area contributed by atoms with Gasteiger partial charge < -0.3 is 5.32 Å². The van der Waals surface area contributed by atoms with Gasteiger partial charge in [-0.1, -0.05) is 54.6 Å². The predicted octanol–water partition coefficient (Wildman–Crippen LogP) is 2.18. The summed E-state index contributed by atoms with van der Waals surface area (Å²) in [6.45, 7) is 2.26. The van der Waals surface area contributed by atoms with E-state index in [-0.39, 0.29) is 18.0 Å². The van der Waals surface area contributed by atoms with Crippen LogP contribution in [0.25, 0.3) is 16.8 Å². The van der Waals surface area contributed by atoms with Crippen molar-refractivity contribution in [2.24, 2.45) is 0 Å². The molecule has 140 valence electrons. The second-order valence-corrected chi connectivity index (χ2v) is 6.52. The van der Waals surface area contributed by atoms with Crippen LogP contribution < -0.4 is 10.9 Å². The van der Waals surface area contributed by atoms with Crippen molar-refractivity contribution in [3.63, 3.8) is 0 Å². The lowest BCUT2D eigenvalue weighted by molar-refractivity contribution is -0.122. The Morgan fingerprint density at radius 1 is 1.07 bits per heavy atom. The summed E-state index contributed by atoms with van der Waals surface area (Å²) in [6, 6.07) is 19.1. The van der Waals surface area contributed by atoms with Crippen LogP contribution in [-0.2, 0) is 17.9 Å². The smallest absolute Gasteiger partial charge is 0.293 e. The molecule has 4 rings (SSSR count). The van der Waals surface area contributed by atoms with Crippen LogP contribution in [0, 0.1) is 6.92 Å². The summed E-state index contributed by atoms with van der Waals surface area (Å²) in [7, 11) is 0. The minimum Gasteiger partial charge on any atom is -0.350 e. The molecule has 0 saturated heterocycles. The van der Waals surface area contributed by atoms with Crippen LogP contribution in [0.1, 0.15) is 11.1 Å². The predicted molar refractivity (Wildman–Crippen MR) is 106 cm³/mol. The van der Waals surface area contributed by atoms with Crippen LogP contribution in [0.5, 0.6) is 0 Å². The van der Waals surface area contributed by atoms with Crippen molar-refractivity contribution in [1.29, 1.82) is 0 Å². The van der Waals surface area contributed by atoms with E-state index in [0.29, 0.717) is 17.8 Å². The monoisotopic (exact) mass is 373 g/mol. The highest BCUT2D eigenvalue weighted by Gasteiger charge is 2.12. The first kappa shape index (κ1) is 17.7. The van der Waals surface area contributed by atoms with Gasteiger partial charge in [-0.05, 0) is 24.1 Å². The van der Waals surface area contributed by atoms with Gasteiger partial charge in [-0.15, -0.1) is 0 Å². The summed E-state index contributed by atoms with van der Waals surface area (Å²) in [6.07, 6.45) is 1.44. The van der Waals surface area contributed by atoms with E-state index in [9.17, 15) is 9.59 Å². The molecule has 7 heteroatoms. The molecule has 0 aliphatic rings. The van der Waals surface area contributed by atoms with Gasteiger partial charge in [-0.2, -0.15) is 10.2 Å². The Bertz CT molecular complexity index is 1190. The first-order chi connectivity index (χ1) is 13.6. The number of benzene rings is 2. The average Bonchev–Trinajstić information content (AvgIpc) is 3.15. The summed E-state index contributed by atoms with van der Waals surface area (Å²) in [5, 5.41) is 11.3. The number of nitrogens with one attached hydrogen (secondary N) is 1. The third kappa shape index (κ3) is 3.55. The molecule has 2 aromatic heterocycles. The molecular weight excluding hydrogens is 354 g/mol. The molecule has 0 aliphatic carbocycles. The Morgan fingerprint density at radius 3 is 2.61 bits per heavy atom. The van der Waals surface area contributed by atoms with Crippen LogP contribution in [0.2, 0.25) is 0 Å². The summed E-state index contributed by atoms with van der Waals surface area (Å²) in [5.74, 6) is -0.273. The van der Waals surface area contributed by atoms with Gasteiger partial charge in [0, 0.05) is 12.1 Å². The Balaban J connectivity index is 1.52. The van der Waals surface area contributed by atoms with Crippen LogP contribution in [0.3, 0.4) is 0 Å². The van der Waals surface area contributed by atoms with E-state index in [0.717, 1.165) is 21.4 Å². The van der Waals surface area contributed by atoms with Crippen LogP contribution >= 0.6 is 0 Å². The van der Waals surface area contributed by atoms with Crippen molar-refractivity contribution >= 4 is 11.4 Å². The molecule has 2 heterocycles. The van der Waals surface area contributed by atoms with Crippen molar-refractivity contribution in [2.45, 2.75) is 20.0 Å². The standard InChI is InChI=1S/C21H19N5O2/c1-15-7-5-6-10-17(15)12-22-20(27)13-25-21(28)19-11-18(24-26(19)14-23-25)16-8-3-2-4-9-16/h2-11,14H,12-13H2,1H3,(H,22,27). The fourth-order valence-electron chi connectivity index (χ4n) is 2.99. The maximum absolute atomic E-state index is 12.7. The maximum Gasteiger partial charge on any atom is 0.293 e. The third-order valence-electron chi connectivity index (χ3n) is 4.59. The molecule has 0 saturated carbocycles. The number of carbonyl (C=O) groups excluding carboxylic acids is 1. The average molecular weight is 373 g/mol. The van der Waals surface area contributed by atoms with E-state index < -0.39 is 0 Å². The molecule has 1 amide bonds. The molecular formula is C21H19N5O2. The number of fused-ring (bicyclic) bond motifs is 1. The normalized spacial score (nSPS) is 10.9. The molecule has 1 N–H and O–H groups in total. The highest BCUT2D eigenvalue weighted by atomic mass is 16.2. The third-order valence-corrected chi connectivity index (χ3v) is 4.59. The summed E-state index contributed by atoms with van der Waals surface area (Å²) >= 11 is 0. The number of aryl methyl sites for hydroxylation is 1. The fraction of sp³-hybridized carbons (Fsp3) is 0.143. The quantitative estimate of drug-likeness (QED) is 0.581. The van der Waals surface area contributed by atoms with Crippen molar-refractivity contribution < 1.29 is 4.79 Å². The Kier molecular flexibility index (Phi) is 4.72. The molecule has 28 heavy (non-hydrogen) atoms. The zero-order valence-corrected chi connectivity index (χ0v) is 15.4. The number of aromatic nitrogens is 4. The molecule has 0 aliphatic heterocycles.